The van der Waals surface area contributed by atoms with Crippen LogP contribution in [0.15, 0.2) is 32.0 Å². The van der Waals surface area contributed by atoms with Crippen LogP contribution in [0.2, 0.25) is 0 Å². The molecule has 0 N–H and O–H groups in total. The van der Waals surface area contributed by atoms with Crippen molar-refractivity contribution in [3.63, 3.8) is 0 Å². The molecule has 0 amide bonds. The summed E-state index contributed by atoms with van der Waals surface area (Å²) in [5, 5.41) is 54.0. The van der Waals surface area contributed by atoms with E-state index in [1.54, 1.807) is 0 Å². The smallest absolute Gasteiger partial charge is 0 e. The summed E-state index contributed by atoms with van der Waals surface area (Å²) in [6, 6.07) is 0. The van der Waals surface area contributed by atoms with E-state index in [4.69, 9.17) is 60.7 Å². The van der Waals surface area contributed by atoms with Crippen LogP contribution in [-0.4, -0.2) is 29.6 Å². The third-order valence-corrected chi connectivity index (χ3v) is 0. The molecular weight excluding hydrogens is 491 g/mol. The van der Waals surface area contributed by atoms with Crippen LogP contribution in [0.25, 0.3) is 0 Å². The van der Waals surface area contributed by atoms with E-state index in [2.05, 4.69) is 0 Å². The summed E-state index contributed by atoms with van der Waals surface area (Å²) in [6.45, 7) is 0. The third kappa shape index (κ3) is 955. The summed E-state index contributed by atoms with van der Waals surface area (Å²) in [4.78, 5) is 48.0. The van der Waals surface area contributed by atoms with Gasteiger partial charge < -0.3 is 60.7 Å². The second kappa shape index (κ2) is 268. The number of nitrogens with zero attached hydrogens (tertiary/aromatic N) is 6. The van der Waals surface area contributed by atoms with E-state index in [1.807, 2.05) is 0 Å². The van der Waals surface area contributed by atoms with E-state index in [0.717, 1.165) is 32.0 Å². The van der Waals surface area contributed by atoms with Crippen molar-refractivity contribution < 1.29 is 20.1 Å². The van der Waals surface area contributed by atoms with E-state index in [-0.39, 0.29) is 49.7 Å². The summed E-state index contributed by atoms with van der Waals surface area (Å²) in [6.07, 6.45) is 0. The van der Waals surface area contributed by atoms with Gasteiger partial charge in [-0.15, -0.1) is 32.0 Å². The summed E-state index contributed by atoms with van der Waals surface area (Å²) < 4.78 is 0. The maximum absolute atomic E-state index is 8.00. The molecule has 20 heavy (non-hydrogen) atoms. The van der Waals surface area contributed by atoms with Gasteiger partial charge in [0.2, 0.25) is 0 Å². The predicted octanol–water partition coefficient (Wildman–Crippen LogP) is 1.12. The fourth-order valence-electron chi connectivity index (χ4n) is 0. The van der Waals surface area contributed by atoms with Crippen LogP contribution in [0.3, 0.4) is 0 Å². The van der Waals surface area contributed by atoms with Crippen molar-refractivity contribution in [2.45, 2.75) is 0 Å². The Kier molecular flexibility index (Phi) is 696. The van der Waals surface area contributed by atoms with Crippen LogP contribution in [0, 0.1) is 60.7 Å². The topological polar surface area (TPSA) is 315 Å². The first kappa shape index (κ1) is 52.0. The standard InChI is InChI=1S/Ir.6HNO2.Na/c;6*2-1-3;/h;6*(H,2,3);/p-6. The molecule has 0 saturated heterocycles. The Hall–Kier alpha value is -1.95. The number of hydrogen-bond acceptors (Lipinski definition) is 18. The van der Waals surface area contributed by atoms with Crippen LogP contribution in [0.1, 0.15) is 0 Å². The van der Waals surface area contributed by atoms with Crippen molar-refractivity contribution >= 4 is 29.6 Å². The molecule has 0 aromatic carbocycles. The average Bonchev–Trinajstić information content (AvgIpc) is 2.23. The molecular formula is IrN6NaO12-6. The van der Waals surface area contributed by atoms with Crippen LogP contribution in [-0.2, 0) is 20.1 Å². The number of hydrogen-bond donors (Lipinski definition) is 0. The van der Waals surface area contributed by atoms with E-state index >= 15 is 0 Å². The molecule has 0 unspecified atom stereocenters. The molecule has 0 aliphatic heterocycles. The molecule has 0 aromatic rings. The second-order valence-corrected chi connectivity index (χ2v) is 0.447. The van der Waals surface area contributed by atoms with Gasteiger partial charge in [-0.2, -0.15) is 0 Å². The molecule has 0 saturated carbocycles. The van der Waals surface area contributed by atoms with E-state index in [0.29, 0.717) is 0 Å². The first-order valence-electron chi connectivity index (χ1n) is 2.19. The van der Waals surface area contributed by atoms with Crippen molar-refractivity contribution in [3.8, 4) is 0 Å². The quantitative estimate of drug-likeness (QED) is 0.261. The SMILES string of the molecule is O=N[O-].O=N[O-].O=N[O-].O=N[O-].O=N[O-].O=N[O-].[Ir].[Na]. The predicted molar refractivity (Wildman–Crippen MR) is 60.7 cm³/mol. The van der Waals surface area contributed by atoms with Gasteiger partial charge in [0.15, 0.2) is 0 Å². The molecule has 18 nitrogen and oxygen atoms in total. The molecule has 0 bridgehead atoms. The molecule has 0 aromatic heterocycles. The van der Waals surface area contributed by atoms with Gasteiger partial charge in [0, 0.05) is 49.7 Å². The maximum atomic E-state index is 8.00. The van der Waals surface area contributed by atoms with Crippen LogP contribution < -0.4 is 0 Å². The fourth-order valence-corrected chi connectivity index (χ4v) is 0. The Morgan fingerprint density at radius 3 is 0.400 bits per heavy atom. The van der Waals surface area contributed by atoms with Crippen molar-refractivity contribution in [2.75, 3.05) is 0 Å². The monoisotopic (exact) mass is 492 g/mol. The largest absolute Gasteiger partial charge is 0.444 e. The zero-order valence-electron chi connectivity index (χ0n) is 8.92. The van der Waals surface area contributed by atoms with Crippen molar-refractivity contribution in [1.29, 1.82) is 0 Å². The molecule has 0 aliphatic carbocycles. The zero-order valence-corrected chi connectivity index (χ0v) is 13.3. The van der Waals surface area contributed by atoms with Gasteiger partial charge in [-0.25, -0.2) is 0 Å². The first-order valence-corrected chi connectivity index (χ1v) is 2.19. The van der Waals surface area contributed by atoms with Crippen LogP contribution in [0.5, 0.6) is 0 Å². The van der Waals surface area contributed by atoms with Crippen molar-refractivity contribution in [1.82, 2.24) is 0 Å². The number of rotatable bonds is 0. The van der Waals surface area contributed by atoms with Gasteiger partial charge in [-0.05, 0) is 0 Å². The second-order valence-electron chi connectivity index (χ2n) is 0.447. The van der Waals surface area contributed by atoms with Crippen molar-refractivity contribution in [3.05, 3.63) is 60.7 Å². The van der Waals surface area contributed by atoms with Crippen LogP contribution >= 0.6 is 0 Å². The molecule has 0 heterocycles. The summed E-state index contributed by atoms with van der Waals surface area (Å²) in [5.41, 5.74) is 0. The molecule has 0 atom stereocenters. The Morgan fingerprint density at radius 1 is 0.400 bits per heavy atom. The normalized spacial score (nSPS) is 3.60. The Labute approximate surface area is 142 Å². The summed E-state index contributed by atoms with van der Waals surface area (Å²) in [5.74, 6) is 0. The van der Waals surface area contributed by atoms with Gasteiger partial charge >= 0.3 is 0 Å². The first-order chi connectivity index (χ1) is 8.49. The van der Waals surface area contributed by atoms with Gasteiger partial charge in [0.1, 0.15) is 0 Å². The van der Waals surface area contributed by atoms with Gasteiger partial charge in [0.05, 0.1) is 0 Å². The van der Waals surface area contributed by atoms with E-state index < -0.39 is 0 Å². The molecule has 0 aliphatic rings. The Morgan fingerprint density at radius 2 is 0.400 bits per heavy atom. The van der Waals surface area contributed by atoms with Gasteiger partial charge in [-0.1, -0.05) is 0 Å². The molecule has 20 heteroatoms. The summed E-state index contributed by atoms with van der Waals surface area (Å²) >= 11 is 0. The minimum atomic E-state index is 0. The molecule has 0 rings (SSSR count). The van der Waals surface area contributed by atoms with Gasteiger partial charge in [0.25, 0.3) is 0 Å². The van der Waals surface area contributed by atoms with E-state index in [1.165, 1.54) is 0 Å². The molecule has 118 valence electrons. The van der Waals surface area contributed by atoms with Gasteiger partial charge in [-0.3, -0.25) is 0 Å². The minimum Gasteiger partial charge on any atom is -0.444 e. The maximum Gasteiger partial charge on any atom is 0 e. The zero-order chi connectivity index (χ0) is 16.2. The third-order valence-electron chi connectivity index (χ3n) is 0. The fraction of sp³-hybridized carbons (Fsp3) is 0. The summed E-state index contributed by atoms with van der Waals surface area (Å²) in [7, 11) is 0. The molecule has 0 fully saturated rings. The van der Waals surface area contributed by atoms with Crippen LogP contribution in [0.4, 0.5) is 0 Å². The minimum absolute atomic E-state index is 0. The Bertz CT molecular complexity index is 119. The average molecular weight is 491 g/mol. The van der Waals surface area contributed by atoms with E-state index in [9.17, 15) is 0 Å². The molecule has 2 radical (unpaired) electrons. The van der Waals surface area contributed by atoms with Crippen molar-refractivity contribution in [2.24, 2.45) is 32.0 Å². The molecule has 0 spiro atoms. The Balaban J connectivity index is -0.0000000141.